The molecule has 2 N–H and O–H groups in total. The second kappa shape index (κ2) is 9.38. The lowest BCUT2D eigenvalue weighted by atomic mass is 10.1. The number of nitrogens with zero attached hydrogens (tertiary/aromatic N) is 1. The van der Waals surface area contributed by atoms with E-state index in [9.17, 15) is 14.9 Å². The van der Waals surface area contributed by atoms with Crippen LogP contribution in [0, 0.1) is 10.1 Å². The van der Waals surface area contributed by atoms with Crippen molar-refractivity contribution in [1.82, 2.24) is 5.32 Å². The highest BCUT2D eigenvalue weighted by atomic mass is 16.6. The van der Waals surface area contributed by atoms with Crippen molar-refractivity contribution in [3.05, 3.63) is 58.1 Å². The maximum atomic E-state index is 11.9. The van der Waals surface area contributed by atoms with Crippen LogP contribution in [-0.4, -0.2) is 38.1 Å². The van der Waals surface area contributed by atoms with Crippen LogP contribution in [0.15, 0.2) is 42.5 Å². The molecule has 0 unspecified atom stereocenters. The monoisotopic (exact) mass is 359 g/mol. The first-order valence-electron chi connectivity index (χ1n) is 7.99. The summed E-state index contributed by atoms with van der Waals surface area (Å²) < 4.78 is 10.4. The van der Waals surface area contributed by atoms with E-state index >= 15 is 0 Å². The van der Waals surface area contributed by atoms with Crippen LogP contribution in [0.1, 0.15) is 5.56 Å². The first kappa shape index (κ1) is 19.2. The Labute approximate surface area is 151 Å². The molecule has 138 valence electrons. The van der Waals surface area contributed by atoms with Gasteiger partial charge in [-0.25, -0.2) is 0 Å². The van der Waals surface area contributed by atoms with Crippen LogP contribution in [0.4, 0.5) is 11.4 Å². The van der Waals surface area contributed by atoms with Gasteiger partial charge in [0.05, 0.1) is 25.7 Å². The number of methoxy groups -OCH3 is 2. The van der Waals surface area contributed by atoms with Crippen molar-refractivity contribution in [2.75, 3.05) is 32.6 Å². The predicted molar refractivity (Wildman–Crippen MR) is 97.8 cm³/mol. The van der Waals surface area contributed by atoms with Gasteiger partial charge in [0.15, 0.2) is 11.5 Å². The molecule has 0 saturated carbocycles. The first-order chi connectivity index (χ1) is 12.5. The molecule has 2 aromatic carbocycles. The number of non-ortho nitro benzene ring substituents is 1. The smallest absolute Gasteiger partial charge is 0.271 e. The number of rotatable bonds is 9. The van der Waals surface area contributed by atoms with Crippen molar-refractivity contribution in [1.29, 1.82) is 0 Å². The van der Waals surface area contributed by atoms with Gasteiger partial charge in [-0.05, 0) is 36.7 Å². The van der Waals surface area contributed by atoms with E-state index in [0.717, 1.165) is 5.56 Å². The Kier molecular flexibility index (Phi) is 6.92. The highest BCUT2D eigenvalue weighted by Gasteiger charge is 2.08. The maximum Gasteiger partial charge on any atom is 0.271 e. The lowest BCUT2D eigenvalue weighted by Gasteiger charge is -2.10. The summed E-state index contributed by atoms with van der Waals surface area (Å²) in [6.45, 7) is 0.702. The maximum absolute atomic E-state index is 11.9. The van der Waals surface area contributed by atoms with Crippen LogP contribution in [0.3, 0.4) is 0 Å². The van der Waals surface area contributed by atoms with Crippen LogP contribution in [-0.2, 0) is 11.2 Å². The van der Waals surface area contributed by atoms with Crippen LogP contribution < -0.4 is 20.1 Å². The highest BCUT2D eigenvalue weighted by Crippen LogP contribution is 2.27. The number of carbonyl (C=O) groups excluding carboxylic acids is 1. The van der Waals surface area contributed by atoms with Crippen molar-refractivity contribution in [2.24, 2.45) is 0 Å². The minimum atomic E-state index is -0.503. The van der Waals surface area contributed by atoms with Crippen LogP contribution in [0.25, 0.3) is 0 Å². The summed E-state index contributed by atoms with van der Waals surface area (Å²) in [6, 6.07) is 11.5. The van der Waals surface area contributed by atoms with Gasteiger partial charge >= 0.3 is 0 Å². The van der Waals surface area contributed by atoms with Crippen molar-refractivity contribution >= 4 is 17.3 Å². The minimum Gasteiger partial charge on any atom is -0.493 e. The fourth-order valence-corrected chi connectivity index (χ4v) is 2.37. The Morgan fingerprint density at radius 3 is 2.58 bits per heavy atom. The SMILES string of the molecule is COc1ccc(CCNCC(=O)Nc2cccc([N+](=O)[O-])c2)cc1OC. The molecule has 0 atom stereocenters. The van der Waals surface area contributed by atoms with Crippen LogP contribution >= 0.6 is 0 Å². The Morgan fingerprint density at radius 2 is 1.88 bits per heavy atom. The lowest BCUT2D eigenvalue weighted by molar-refractivity contribution is -0.384. The number of hydrogen-bond donors (Lipinski definition) is 2. The third-order valence-electron chi connectivity index (χ3n) is 3.66. The van der Waals surface area contributed by atoms with E-state index in [-0.39, 0.29) is 18.1 Å². The molecule has 0 saturated heterocycles. The molecule has 0 bridgehead atoms. The largest absolute Gasteiger partial charge is 0.493 e. The van der Waals surface area contributed by atoms with Gasteiger partial charge in [0, 0.05) is 17.8 Å². The Balaban J connectivity index is 1.78. The second-order valence-corrected chi connectivity index (χ2v) is 5.47. The van der Waals surface area contributed by atoms with Crippen molar-refractivity contribution in [3.8, 4) is 11.5 Å². The number of ether oxygens (including phenoxy) is 2. The van der Waals surface area contributed by atoms with Gasteiger partial charge in [-0.2, -0.15) is 0 Å². The molecular formula is C18H21N3O5. The number of nitro groups is 1. The van der Waals surface area contributed by atoms with Gasteiger partial charge in [0.1, 0.15) is 0 Å². The first-order valence-corrected chi connectivity index (χ1v) is 7.99. The van der Waals surface area contributed by atoms with Crippen molar-refractivity contribution in [3.63, 3.8) is 0 Å². The van der Waals surface area contributed by atoms with E-state index in [0.29, 0.717) is 30.2 Å². The molecule has 1 amide bonds. The summed E-state index contributed by atoms with van der Waals surface area (Å²) >= 11 is 0. The number of nitrogens with one attached hydrogen (secondary N) is 2. The lowest BCUT2D eigenvalue weighted by Crippen LogP contribution is -2.29. The van der Waals surface area contributed by atoms with Gasteiger partial charge < -0.3 is 20.1 Å². The van der Waals surface area contributed by atoms with E-state index in [1.165, 1.54) is 18.2 Å². The number of benzene rings is 2. The molecule has 0 aliphatic heterocycles. The van der Waals surface area contributed by atoms with Crippen molar-refractivity contribution in [2.45, 2.75) is 6.42 Å². The zero-order valence-electron chi connectivity index (χ0n) is 14.7. The molecule has 0 aliphatic rings. The zero-order valence-corrected chi connectivity index (χ0v) is 14.7. The van der Waals surface area contributed by atoms with Gasteiger partial charge in [0.25, 0.3) is 5.69 Å². The van der Waals surface area contributed by atoms with Gasteiger partial charge in [-0.1, -0.05) is 12.1 Å². The van der Waals surface area contributed by atoms with Crippen LogP contribution in [0.5, 0.6) is 11.5 Å². The molecule has 0 fully saturated rings. The summed E-state index contributed by atoms with van der Waals surface area (Å²) in [4.78, 5) is 22.1. The summed E-state index contributed by atoms with van der Waals surface area (Å²) in [5.74, 6) is 1.06. The molecule has 2 rings (SSSR count). The predicted octanol–water partition coefficient (Wildman–Crippen LogP) is 2.38. The standard InChI is InChI=1S/C18H21N3O5/c1-25-16-7-6-13(10-17(16)26-2)8-9-19-12-18(22)20-14-4-3-5-15(11-14)21(23)24/h3-7,10-11,19H,8-9,12H2,1-2H3,(H,20,22). The average Bonchev–Trinajstić information content (AvgIpc) is 2.65. The topological polar surface area (TPSA) is 103 Å². The molecule has 0 spiro atoms. The van der Waals surface area contributed by atoms with E-state index in [1.54, 1.807) is 20.3 Å². The molecule has 8 heteroatoms. The number of nitro benzene ring substituents is 1. The Morgan fingerprint density at radius 1 is 1.12 bits per heavy atom. The van der Waals surface area contributed by atoms with Gasteiger partial charge in [-0.3, -0.25) is 14.9 Å². The molecule has 0 heterocycles. The van der Waals surface area contributed by atoms with E-state index in [1.807, 2.05) is 18.2 Å². The summed E-state index contributed by atoms with van der Waals surface area (Å²) in [5.41, 5.74) is 1.38. The molecule has 2 aromatic rings. The molecule has 8 nitrogen and oxygen atoms in total. The normalized spacial score (nSPS) is 10.2. The molecule has 0 aromatic heterocycles. The fourth-order valence-electron chi connectivity index (χ4n) is 2.37. The summed E-state index contributed by atoms with van der Waals surface area (Å²) in [5, 5.41) is 16.4. The van der Waals surface area contributed by atoms with Gasteiger partial charge in [0.2, 0.25) is 5.91 Å². The van der Waals surface area contributed by atoms with E-state index in [4.69, 9.17) is 9.47 Å². The molecule has 26 heavy (non-hydrogen) atoms. The zero-order chi connectivity index (χ0) is 18.9. The second-order valence-electron chi connectivity index (χ2n) is 5.47. The number of carbonyl (C=O) groups is 1. The third kappa shape index (κ3) is 5.45. The summed E-state index contributed by atoms with van der Waals surface area (Å²) in [6.07, 6.45) is 0.713. The third-order valence-corrected chi connectivity index (χ3v) is 3.66. The molecular weight excluding hydrogens is 338 g/mol. The summed E-state index contributed by atoms with van der Waals surface area (Å²) in [7, 11) is 3.16. The quantitative estimate of drug-likeness (QED) is 0.405. The van der Waals surface area contributed by atoms with Crippen LogP contribution in [0.2, 0.25) is 0 Å². The Hall–Kier alpha value is -3.13. The highest BCUT2D eigenvalue weighted by molar-refractivity contribution is 5.92. The van der Waals surface area contributed by atoms with E-state index < -0.39 is 4.92 Å². The molecule has 0 aliphatic carbocycles. The number of amides is 1. The van der Waals surface area contributed by atoms with Gasteiger partial charge in [-0.15, -0.1) is 0 Å². The minimum absolute atomic E-state index is 0.0655. The molecule has 0 radical (unpaired) electrons. The number of anilines is 1. The Bertz CT molecular complexity index is 779. The average molecular weight is 359 g/mol. The number of hydrogen-bond acceptors (Lipinski definition) is 6. The van der Waals surface area contributed by atoms with Crippen molar-refractivity contribution < 1.29 is 19.2 Å². The van der Waals surface area contributed by atoms with E-state index in [2.05, 4.69) is 10.6 Å². The fraction of sp³-hybridized carbons (Fsp3) is 0.278.